The summed E-state index contributed by atoms with van der Waals surface area (Å²) in [4.78, 5) is 2.20. The standard InChI is InChI=1S/C13H21N3O2/c1-16(8-9-17)6-4-15(5-7-16)13-10-11(18)2-3-12(13)14/h2-3,10,17H,4-9,14H2,1H3/p+1. The van der Waals surface area contributed by atoms with E-state index in [1.165, 1.54) is 0 Å². The summed E-state index contributed by atoms with van der Waals surface area (Å²) >= 11 is 0. The summed E-state index contributed by atoms with van der Waals surface area (Å²) < 4.78 is 0.895. The summed E-state index contributed by atoms with van der Waals surface area (Å²) in [7, 11) is 2.17. The van der Waals surface area contributed by atoms with Crippen molar-refractivity contribution in [3.8, 4) is 5.75 Å². The van der Waals surface area contributed by atoms with Gasteiger partial charge < -0.3 is 25.3 Å². The molecule has 1 aliphatic rings. The van der Waals surface area contributed by atoms with Gasteiger partial charge in [-0.25, -0.2) is 0 Å². The molecule has 100 valence electrons. The number of hydrogen-bond donors (Lipinski definition) is 3. The fourth-order valence-corrected chi connectivity index (χ4v) is 2.46. The largest absolute Gasteiger partial charge is 0.508 e. The first-order chi connectivity index (χ1) is 8.54. The Hall–Kier alpha value is -1.46. The number of aliphatic hydroxyl groups excluding tert-OH is 1. The molecule has 1 fully saturated rings. The minimum absolute atomic E-state index is 0.227. The van der Waals surface area contributed by atoms with Gasteiger partial charge in [-0.3, -0.25) is 0 Å². The topological polar surface area (TPSA) is 69.7 Å². The molecule has 1 heterocycles. The van der Waals surface area contributed by atoms with Crippen LogP contribution in [0.1, 0.15) is 0 Å². The number of nitrogens with two attached hydrogens (primary N) is 1. The Kier molecular flexibility index (Phi) is 3.63. The first kappa shape index (κ1) is 13.0. The third kappa shape index (κ3) is 2.68. The molecule has 5 heteroatoms. The summed E-state index contributed by atoms with van der Waals surface area (Å²) in [5.74, 6) is 0.248. The van der Waals surface area contributed by atoms with Gasteiger partial charge in [0, 0.05) is 6.07 Å². The van der Waals surface area contributed by atoms with Gasteiger partial charge in [-0.15, -0.1) is 0 Å². The van der Waals surface area contributed by atoms with Crippen molar-refractivity contribution in [2.24, 2.45) is 0 Å². The van der Waals surface area contributed by atoms with Crippen LogP contribution >= 0.6 is 0 Å². The van der Waals surface area contributed by atoms with Crippen LogP contribution in [0.15, 0.2) is 18.2 Å². The van der Waals surface area contributed by atoms with Crippen LogP contribution in [-0.2, 0) is 0 Å². The lowest BCUT2D eigenvalue weighted by molar-refractivity contribution is -0.910. The maximum absolute atomic E-state index is 9.54. The monoisotopic (exact) mass is 252 g/mol. The number of piperazine rings is 1. The number of likely N-dealkylation sites (N-methyl/N-ethyl adjacent to an activating group) is 1. The molecule has 0 unspecified atom stereocenters. The minimum atomic E-state index is 0.227. The number of aromatic hydroxyl groups is 1. The minimum Gasteiger partial charge on any atom is -0.508 e. The second kappa shape index (κ2) is 5.04. The van der Waals surface area contributed by atoms with Crippen molar-refractivity contribution in [2.45, 2.75) is 0 Å². The molecule has 0 aromatic heterocycles. The van der Waals surface area contributed by atoms with Crippen LogP contribution in [0.25, 0.3) is 0 Å². The zero-order valence-electron chi connectivity index (χ0n) is 10.8. The normalized spacial score (nSPS) is 18.9. The van der Waals surface area contributed by atoms with E-state index in [0.717, 1.165) is 42.9 Å². The number of phenolic OH excluding ortho intramolecular Hbond substituents is 1. The summed E-state index contributed by atoms with van der Waals surface area (Å²) in [5, 5.41) is 18.6. The van der Waals surface area contributed by atoms with Crippen molar-refractivity contribution >= 4 is 11.4 Å². The van der Waals surface area contributed by atoms with Gasteiger partial charge in [0.05, 0.1) is 51.2 Å². The van der Waals surface area contributed by atoms with E-state index in [-0.39, 0.29) is 12.4 Å². The molecular formula is C13H22N3O2+. The van der Waals surface area contributed by atoms with E-state index in [1.807, 2.05) is 0 Å². The fraction of sp³-hybridized carbons (Fsp3) is 0.538. The number of aliphatic hydroxyl groups is 1. The molecule has 0 saturated carbocycles. The van der Waals surface area contributed by atoms with Crippen molar-refractivity contribution in [2.75, 3.05) is 57.0 Å². The van der Waals surface area contributed by atoms with Crippen LogP contribution in [0.4, 0.5) is 11.4 Å². The van der Waals surface area contributed by atoms with Gasteiger partial charge in [0.2, 0.25) is 0 Å². The number of hydrogen-bond acceptors (Lipinski definition) is 4. The molecule has 0 atom stereocenters. The lowest BCUT2D eigenvalue weighted by Gasteiger charge is -2.42. The Bertz CT molecular complexity index is 415. The van der Waals surface area contributed by atoms with Gasteiger partial charge in [0.25, 0.3) is 0 Å². The molecular weight excluding hydrogens is 230 g/mol. The molecule has 1 aromatic carbocycles. The molecule has 18 heavy (non-hydrogen) atoms. The van der Waals surface area contributed by atoms with E-state index in [4.69, 9.17) is 10.8 Å². The molecule has 0 radical (unpaired) electrons. The van der Waals surface area contributed by atoms with Gasteiger partial charge in [-0.05, 0) is 12.1 Å². The summed E-state index contributed by atoms with van der Waals surface area (Å²) in [5.41, 5.74) is 7.56. The number of rotatable bonds is 3. The number of nitrogen functional groups attached to an aromatic ring is 1. The van der Waals surface area contributed by atoms with Crippen LogP contribution in [-0.4, -0.2) is 61.1 Å². The van der Waals surface area contributed by atoms with Crippen LogP contribution in [0.5, 0.6) is 5.75 Å². The average Bonchev–Trinajstić information content (AvgIpc) is 2.34. The maximum Gasteiger partial charge on any atom is 0.117 e. The molecule has 0 spiro atoms. The zero-order valence-corrected chi connectivity index (χ0v) is 10.8. The highest BCUT2D eigenvalue weighted by atomic mass is 16.3. The van der Waals surface area contributed by atoms with Crippen molar-refractivity contribution in [1.82, 2.24) is 0 Å². The van der Waals surface area contributed by atoms with Gasteiger partial charge in [-0.2, -0.15) is 0 Å². The first-order valence-corrected chi connectivity index (χ1v) is 6.32. The summed E-state index contributed by atoms with van der Waals surface area (Å²) in [6, 6.07) is 5.06. The molecule has 5 nitrogen and oxygen atoms in total. The lowest BCUT2D eigenvalue weighted by Crippen LogP contribution is -2.58. The van der Waals surface area contributed by atoms with Gasteiger partial charge in [0.15, 0.2) is 0 Å². The Morgan fingerprint density at radius 2 is 2.00 bits per heavy atom. The Morgan fingerprint density at radius 3 is 2.61 bits per heavy atom. The van der Waals surface area contributed by atoms with E-state index >= 15 is 0 Å². The van der Waals surface area contributed by atoms with Gasteiger partial charge >= 0.3 is 0 Å². The number of nitrogens with zero attached hydrogens (tertiary/aromatic N) is 2. The van der Waals surface area contributed by atoms with E-state index < -0.39 is 0 Å². The Balaban J connectivity index is 2.07. The molecule has 0 aliphatic carbocycles. The van der Waals surface area contributed by atoms with Gasteiger partial charge in [0.1, 0.15) is 12.3 Å². The SMILES string of the molecule is C[N+]1(CCO)CCN(c2cc(O)ccc2N)CC1. The van der Waals surface area contributed by atoms with Crippen LogP contribution in [0.3, 0.4) is 0 Å². The van der Waals surface area contributed by atoms with Crippen LogP contribution in [0, 0.1) is 0 Å². The Labute approximate surface area is 108 Å². The predicted octanol–water partition coefficient (Wildman–Crippen LogP) is 0.233. The van der Waals surface area contributed by atoms with E-state index in [2.05, 4.69) is 11.9 Å². The average molecular weight is 252 g/mol. The number of benzene rings is 1. The second-order valence-electron chi connectivity index (χ2n) is 5.24. The predicted molar refractivity (Wildman–Crippen MR) is 72.6 cm³/mol. The molecule has 0 amide bonds. The summed E-state index contributed by atoms with van der Waals surface area (Å²) in [6.07, 6.45) is 0. The third-order valence-corrected chi connectivity index (χ3v) is 3.81. The van der Waals surface area contributed by atoms with Crippen molar-refractivity contribution in [1.29, 1.82) is 0 Å². The second-order valence-corrected chi connectivity index (χ2v) is 5.24. The summed E-state index contributed by atoms with van der Waals surface area (Å²) in [6.45, 7) is 4.77. The van der Waals surface area contributed by atoms with Gasteiger partial charge in [-0.1, -0.05) is 0 Å². The number of anilines is 2. The maximum atomic E-state index is 9.54. The molecule has 1 saturated heterocycles. The van der Waals surface area contributed by atoms with E-state index in [9.17, 15) is 5.11 Å². The number of phenols is 1. The van der Waals surface area contributed by atoms with Crippen LogP contribution < -0.4 is 10.6 Å². The third-order valence-electron chi connectivity index (χ3n) is 3.81. The van der Waals surface area contributed by atoms with E-state index in [1.54, 1.807) is 18.2 Å². The molecule has 1 aromatic rings. The highest BCUT2D eigenvalue weighted by Crippen LogP contribution is 2.29. The fourth-order valence-electron chi connectivity index (χ4n) is 2.46. The first-order valence-electron chi connectivity index (χ1n) is 6.32. The molecule has 2 rings (SSSR count). The van der Waals surface area contributed by atoms with Crippen molar-refractivity contribution < 1.29 is 14.7 Å². The van der Waals surface area contributed by atoms with E-state index in [0.29, 0.717) is 5.69 Å². The Morgan fingerprint density at radius 1 is 1.33 bits per heavy atom. The lowest BCUT2D eigenvalue weighted by atomic mass is 10.2. The smallest absolute Gasteiger partial charge is 0.117 e. The van der Waals surface area contributed by atoms with Crippen LogP contribution in [0.2, 0.25) is 0 Å². The molecule has 1 aliphatic heterocycles. The zero-order chi connectivity index (χ0) is 13.2. The molecule has 0 bridgehead atoms. The highest BCUT2D eigenvalue weighted by molar-refractivity contribution is 5.69. The highest BCUT2D eigenvalue weighted by Gasteiger charge is 2.28. The van der Waals surface area contributed by atoms with Crippen molar-refractivity contribution in [3.63, 3.8) is 0 Å². The number of quaternary nitrogens is 1. The quantitative estimate of drug-likeness (QED) is 0.409. The molecule has 4 N–H and O–H groups in total. The van der Waals surface area contributed by atoms with Crippen molar-refractivity contribution in [3.05, 3.63) is 18.2 Å².